The minimum atomic E-state index is -1.29. The van der Waals surface area contributed by atoms with E-state index >= 15 is 0 Å². The third-order valence-electron chi connectivity index (χ3n) is 6.35. The highest BCUT2D eigenvalue weighted by atomic mass is 16.6. The van der Waals surface area contributed by atoms with E-state index in [-0.39, 0.29) is 16.8 Å². The molecular formula is C33H27N3O6. The van der Waals surface area contributed by atoms with Crippen LogP contribution in [0.15, 0.2) is 128 Å². The van der Waals surface area contributed by atoms with Crippen LogP contribution >= 0.6 is 0 Å². The Morgan fingerprint density at radius 2 is 1.02 bits per heavy atom. The van der Waals surface area contributed by atoms with Gasteiger partial charge in [0.2, 0.25) is 0 Å². The number of esters is 3. The summed E-state index contributed by atoms with van der Waals surface area (Å²) in [5.74, 6) is -2.01. The Morgan fingerprint density at radius 1 is 0.595 bits per heavy atom. The lowest BCUT2D eigenvalue weighted by molar-refractivity contribution is -0.0855. The number of ether oxygens (including phenoxy) is 3. The van der Waals surface area contributed by atoms with Crippen LogP contribution in [-0.4, -0.2) is 45.1 Å². The topological polar surface area (TPSA) is 110 Å². The lowest BCUT2D eigenvalue weighted by atomic mass is 10.1. The summed E-state index contributed by atoms with van der Waals surface area (Å²) in [6.07, 6.45) is -2.23. The molecule has 9 heteroatoms. The minimum Gasteiger partial charge on any atom is -0.455 e. The number of nitrogens with zero attached hydrogens (tertiary/aromatic N) is 3. The molecule has 42 heavy (non-hydrogen) atoms. The fourth-order valence-electron chi connectivity index (χ4n) is 4.19. The van der Waals surface area contributed by atoms with Gasteiger partial charge < -0.3 is 14.2 Å². The molecule has 0 amide bonds. The van der Waals surface area contributed by atoms with Crippen molar-refractivity contribution in [3.8, 4) is 5.69 Å². The predicted molar refractivity (Wildman–Crippen MR) is 153 cm³/mol. The fourth-order valence-corrected chi connectivity index (χ4v) is 4.19. The Morgan fingerprint density at radius 3 is 1.52 bits per heavy atom. The van der Waals surface area contributed by atoms with Gasteiger partial charge in [-0.15, -0.1) is 5.10 Å². The molecule has 0 aliphatic rings. The van der Waals surface area contributed by atoms with Gasteiger partial charge in [0.05, 0.1) is 28.6 Å². The van der Waals surface area contributed by atoms with Crippen molar-refractivity contribution >= 4 is 17.9 Å². The number of benzene rings is 4. The van der Waals surface area contributed by atoms with E-state index in [2.05, 4.69) is 10.2 Å². The van der Waals surface area contributed by atoms with E-state index < -0.39 is 36.2 Å². The molecule has 0 saturated heterocycles. The highest BCUT2D eigenvalue weighted by Crippen LogP contribution is 2.29. The molecule has 5 rings (SSSR count). The first-order valence-corrected chi connectivity index (χ1v) is 13.3. The van der Waals surface area contributed by atoms with Crippen LogP contribution in [0.25, 0.3) is 5.69 Å². The van der Waals surface area contributed by atoms with Crippen LogP contribution in [0.3, 0.4) is 0 Å². The molecule has 210 valence electrons. The first-order chi connectivity index (χ1) is 20.5. The maximum absolute atomic E-state index is 13.3. The van der Waals surface area contributed by atoms with E-state index in [0.29, 0.717) is 11.3 Å². The number of hydrogen-bond acceptors (Lipinski definition) is 8. The van der Waals surface area contributed by atoms with Gasteiger partial charge in [0.25, 0.3) is 0 Å². The monoisotopic (exact) mass is 561 g/mol. The van der Waals surface area contributed by atoms with Crippen molar-refractivity contribution in [2.75, 3.05) is 0 Å². The standard InChI is InChI=1S/C33H27N3O6/c1-23(40-31(37)24-14-6-2-7-15-24)29(41-32(38)25-16-8-3-9-17-25)30(42-33(39)26-18-10-4-11-19-26)28-22-34-36(35-28)27-20-12-5-13-21-27/h2-23,29-30H,1H3/t23-,29+,30+/m0/s1. The lowest BCUT2D eigenvalue weighted by Gasteiger charge is -2.30. The largest absolute Gasteiger partial charge is 0.455 e. The van der Waals surface area contributed by atoms with Crippen LogP contribution in [0.1, 0.15) is 49.8 Å². The molecule has 0 spiro atoms. The number of aromatic nitrogens is 3. The van der Waals surface area contributed by atoms with Crippen LogP contribution in [0.2, 0.25) is 0 Å². The summed E-state index contributed by atoms with van der Waals surface area (Å²) in [7, 11) is 0. The Bertz CT molecular complexity index is 1630. The van der Waals surface area contributed by atoms with Gasteiger partial charge in [-0.2, -0.15) is 9.90 Å². The van der Waals surface area contributed by atoms with E-state index in [1.807, 2.05) is 30.3 Å². The molecule has 1 aromatic heterocycles. The second kappa shape index (κ2) is 13.2. The van der Waals surface area contributed by atoms with Gasteiger partial charge in [-0.25, -0.2) is 14.4 Å². The summed E-state index contributed by atoms with van der Waals surface area (Å²) >= 11 is 0. The summed E-state index contributed by atoms with van der Waals surface area (Å²) in [5.41, 5.74) is 1.71. The van der Waals surface area contributed by atoms with Gasteiger partial charge in [-0.05, 0) is 55.5 Å². The number of carbonyl (C=O) groups is 3. The number of carbonyl (C=O) groups excluding carboxylic acids is 3. The molecule has 5 aromatic rings. The van der Waals surface area contributed by atoms with Crippen molar-refractivity contribution in [3.05, 3.63) is 150 Å². The Labute approximate surface area is 242 Å². The Hall–Kier alpha value is -5.57. The Balaban J connectivity index is 1.53. The molecule has 9 nitrogen and oxygen atoms in total. The lowest BCUT2D eigenvalue weighted by Crippen LogP contribution is -2.40. The van der Waals surface area contributed by atoms with Crippen molar-refractivity contribution in [1.29, 1.82) is 0 Å². The van der Waals surface area contributed by atoms with Gasteiger partial charge in [0.15, 0.2) is 12.2 Å². The van der Waals surface area contributed by atoms with Crippen molar-refractivity contribution < 1.29 is 28.6 Å². The summed E-state index contributed by atoms with van der Waals surface area (Å²) in [4.78, 5) is 41.0. The van der Waals surface area contributed by atoms with Crippen LogP contribution < -0.4 is 0 Å². The zero-order valence-corrected chi connectivity index (χ0v) is 22.6. The summed E-state index contributed by atoms with van der Waals surface area (Å²) in [6, 6.07) is 34.3. The summed E-state index contributed by atoms with van der Waals surface area (Å²) in [6.45, 7) is 1.56. The van der Waals surface area contributed by atoms with Crippen LogP contribution in [0.5, 0.6) is 0 Å². The normalized spacial score (nSPS) is 12.9. The molecule has 0 N–H and O–H groups in total. The molecular weight excluding hydrogens is 534 g/mol. The molecule has 0 bridgehead atoms. The van der Waals surface area contributed by atoms with Crippen LogP contribution in [0.4, 0.5) is 0 Å². The third kappa shape index (κ3) is 6.76. The first-order valence-electron chi connectivity index (χ1n) is 13.3. The number of para-hydroxylation sites is 1. The second-order valence-corrected chi connectivity index (χ2v) is 9.30. The first kappa shape index (κ1) is 28.0. The van der Waals surface area contributed by atoms with Crippen molar-refractivity contribution in [1.82, 2.24) is 15.0 Å². The molecule has 0 saturated carbocycles. The molecule has 3 atom stereocenters. The molecule has 0 unspecified atom stereocenters. The Kier molecular flexibility index (Phi) is 8.79. The zero-order valence-electron chi connectivity index (χ0n) is 22.6. The van der Waals surface area contributed by atoms with E-state index in [1.165, 1.54) is 11.0 Å². The quantitative estimate of drug-likeness (QED) is 0.159. The fraction of sp³-hybridized carbons (Fsp3) is 0.121. The maximum atomic E-state index is 13.3. The van der Waals surface area contributed by atoms with Crippen molar-refractivity contribution in [2.45, 2.75) is 25.2 Å². The third-order valence-corrected chi connectivity index (χ3v) is 6.35. The molecule has 0 fully saturated rings. The molecule has 4 aromatic carbocycles. The molecule has 0 aliphatic carbocycles. The highest BCUT2D eigenvalue weighted by Gasteiger charge is 2.39. The molecule has 0 aliphatic heterocycles. The number of hydrogen-bond donors (Lipinski definition) is 0. The van der Waals surface area contributed by atoms with E-state index in [0.717, 1.165) is 0 Å². The highest BCUT2D eigenvalue weighted by molar-refractivity contribution is 5.91. The summed E-state index contributed by atoms with van der Waals surface area (Å²) < 4.78 is 17.6. The van der Waals surface area contributed by atoms with Crippen LogP contribution in [0, 0.1) is 0 Å². The van der Waals surface area contributed by atoms with E-state index in [4.69, 9.17) is 14.2 Å². The number of rotatable bonds is 10. The van der Waals surface area contributed by atoms with Crippen molar-refractivity contribution in [3.63, 3.8) is 0 Å². The average Bonchev–Trinajstić information content (AvgIpc) is 3.54. The van der Waals surface area contributed by atoms with Gasteiger partial charge in [0.1, 0.15) is 11.8 Å². The maximum Gasteiger partial charge on any atom is 0.338 e. The van der Waals surface area contributed by atoms with E-state index in [1.54, 1.807) is 97.9 Å². The van der Waals surface area contributed by atoms with E-state index in [9.17, 15) is 14.4 Å². The van der Waals surface area contributed by atoms with Crippen molar-refractivity contribution in [2.24, 2.45) is 0 Å². The molecule has 0 radical (unpaired) electrons. The zero-order chi connectivity index (χ0) is 29.3. The SMILES string of the molecule is C[C@H](OC(=O)c1ccccc1)[C@@H](OC(=O)c1ccccc1)[C@H](OC(=O)c1ccccc1)c1cnn(-c2ccccc2)n1. The smallest absolute Gasteiger partial charge is 0.338 e. The van der Waals surface area contributed by atoms with Gasteiger partial charge >= 0.3 is 17.9 Å². The van der Waals surface area contributed by atoms with Crippen LogP contribution in [-0.2, 0) is 14.2 Å². The minimum absolute atomic E-state index is 0.191. The predicted octanol–water partition coefficient (Wildman–Crippen LogP) is 5.64. The van der Waals surface area contributed by atoms with Gasteiger partial charge in [-0.1, -0.05) is 72.8 Å². The average molecular weight is 562 g/mol. The van der Waals surface area contributed by atoms with Gasteiger partial charge in [-0.3, -0.25) is 0 Å². The second-order valence-electron chi connectivity index (χ2n) is 9.30. The van der Waals surface area contributed by atoms with Gasteiger partial charge in [0, 0.05) is 0 Å². The summed E-state index contributed by atoms with van der Waals surface area (Å²) in [5, 5.41) is 8.89. The molecule has 1 heterocycles.